The molecular formula is C4H7IO3. The van der Waals surface area contributed by atoms with E-state index in [9.17, 15) is 4.79 Å². The number of carbonyl (C=O) groups is 1. The summed E-state index contributed by atoms with van der Waals surface area (Å²) in [5, 5.41) is 0. The van der Waals surface area contributed by atoms with Gasteiger partial charge >= 0.3 is 3.98 Å². The number of halogens is 1. The van der Waals surface area contributed by atoms with Gasteiger partial charge in [0, 0.05) is 7.11 Å². The first kappa shape index (κ1) is 8.16. The molecule has 0 radical (unpaired) electrons. The Hall–Kier alpha value is 0.160. The van der Waals surface area contributed by atoms with Gasteiger partial charge in [0.15, 0.2) is 0 Å². The lowest BCUT2D eigenvalue weighted by Gasteiger charge is -1.96. The SMILES string of the molecule is COCCOC(=O)I. The van der Waals surface area contributed by atoms with E-state index in [0.29, 0.717) is 13.2 Å². The van der Waals surface area contributed by atoms with Gasteiger partial charge in [-0.15, -0.1) is 0 Å². The summed E-state index contributed by atoms with van der Waals surface area (Å²) in [6.07, 6.45) is 0. The first-order valence-corrected chi connectivity index (χ1v) is 3.16. The molecule has 0 unspecified atom stereocenters. The van der Waals surface area contributed by atoms with E-state index in [-0.39, 0.29) is 3.98 Å². The Morgan fingerprint density at radius 2 is 2.25 bits per heavy atom. The molecule has 0 amide bonds. The third-order valence-electron chi connectivity index (χ3n) is 0.503. The summed E-state index contributed by atoms with van der Waals surface area (Å²) in [5.41, 5.74) is 0. The maximum absolute atomic E-state index is 10.0. The van der Waals surface area contributed by atoms with Crippen LogP contribution in [0.3, 0.4) is 0 Å². The van der Waals surface area contributed by atoms with Gasteiger partial charge in [-0.05, 0) is 0 Å². The number of rotatable bonds is 3. The lowest BCUT2D eigenvalue weighted by molar-refractivity contribution is 0.116. The lowest BCUT2D eigenvalue weighted by Crippen LogP contribution is -2.02. The van der Waals surface area contributed by atoms with Crippen LogP contribution in [0.2, 0.25) is 0 Å². The molecule has 0 spiro atoms. The molecular weight excluding hydrogens is 223 g/mol. The summed E-state index contributed by atoms with van der Waals surface area (Å²) in [7, 11) is 1.56. The Balaban J connectivity index is 2.82. The van der Waals surface area contributed by atoms with Crippen LogP contribution in [0.1, 0.15) is 0 Å². The number of carbonyl (C=O) groups excluding carboxylic acids is 1. The van der Waals surface area contributed by atoms with Crippen molar-refractivity contribution < 1.29 is 14.3 Å². The monoisotopic (exact) mass is 230 g/mol. The molecule has 0 fully saturated rings. The van der Waals surface area contributed by atoms with Crippen LogP contribution in [-0.2, 0) is 9.47 Å². The van der Waals surface area contributed by atoms with Crippen molar-refractivity contribution in [3.63, 3.8) is 0 Å². The summed E-state index contributed by atoms with van der Waals surface area (Å²) in [5.74, 6) is 0. The highest BCUT2D eigenvalue weighted by Crippen LogP contribution is 1.89. The van der Waals surface area contributed by atoms with Crippen molar-refractivity contribution in [1.29, 1.82) is 0 Å². The number of hydrogen-bond acceptors (Lipinski definition) is 3. The zero-order valence-corrected chi connectivity index (χ0v) is 6.67. The molecule has 0 aliphatic carbocycles. The molecule has 0 aliphatic heterocycles. The van der Waals surface area contributed by atoms with Crippen LogP contribution in [0.25, 0.3) is 0 Å². The predicted octanol–water partition coefficient (Wildman–Crippen LogP) is 1.20. The van der Waals surface area contributed by atoms with Gasteiger partial charge < -0.3 is 9.47 Å². The van der Waals surface area contributed by atoms with E-state index < -0.39 is 0 Å². The molecule has 0 saturated carbocycles. The van der Waals surface area contributed by atoms with Crippen LogP contribution in [0.15, 0.2) is 0 Å². The summed E-state index contributed by atoms with van der Waals surface area (Å²) in [6, 6.07) is 0. The van der Waals surface area contributed by atoms with E-state index in [1.165, 1.54) is 0 Å². The van der Waals surface area contributed by atoms with Crippen LogP contribution in [0, 0.1) is 0 Å². The van der Waals surface area contributed by atoms with Crippen molar-refractivity contribution >= 4 is 26.6 Å². The molecule has 0 aromatic rings. The molecule has 0 aromatic carbocycles. The number of ether oxygens (including phenoxy) is 2. The van der Waals surface area contributed by atoms with E-state index in [1.807, 2.05) is 0 Å². The van der Waals surface area contributed by atoms with E-state index in [1.54, 1.807) is 29.7 Å². The van der Waals surface area contributed by atoms with Crippen LogP contribution in [0.5, 0.6) is 0 Å². The van der Waals surface area contributed by atoms with Gasteiger partial charge in [0.05, 0.1) is 29.2 Å². The zero-order valence-electron chi connectivity index (χ0n) is 4.52. The van der Waals surface area contributed by atoms with E-state index >= 15 is 0 Å². The lowest BCUT2D eigenvalue weighted by atomic mass is 10.8. The molecule has 0 bridgehead atoms. The normalized spacial score (nSPS) is 8.75. The Kier molecular flexibility index (Phi) is 5.41. The van der Waals surface area contributed by atoms with Gasteiger partial charge in [-0.1, -0.05) is 0 Å². The fourth-order valence-corrected chi connectivity index (χ4v) is 0.425. The van der Waals surface area contributed by atoms with Crippen molar-refractivity contribution in [2.24, 2.45) is 0 Å². The highest BCUT2D eigenvalue weighted by atomic mass is 127. The maximum atomic E-state index is 10.0. The summed E-state index contributed by atoms with van der Waals surface area (Å²) in [4.78, 5) is 10.0. The van der Waals surface area contributed by atoms with Crippen molar-refractivity contribution in [2.75, 3.05) is 20.3 Å². The molecule has 0 N–H and O–H groups in total. The van der Waals surface area contributed by atoms with Crippen LogP contribution >= 0.6 is 22.6 Å². The number of methoxy groups -OCH3 is 1. The van der Waals surface area contributed by atoms with Crippen molar-refractivity contribution in [3.05, 3.63) is 0 Å². The summed E-state index contributed by atoms with van der Waals surface area (Å²) < 4.78 is 8.82. The molecule has 0 aromatic heterocycles. The number of hydrogen-bond donors (Lipinski definition) is 0. The van der Waals surface area contributed by atoms with E-state index in [2.05, 4.69) is 9.47 Å². The van der Waals surface area contributed by atoms with Gasteiger partial charge in [-0.2, -0.15) is 0 Å². The van der Waals surface area contributed by atoms with Crippen molar-refractivity contribution in [2.45, 2.75) is 0 Å². The van der Waals surface area contributed by atoms with E-state index in [0.717, 1.165) is 0 Å². The van der Waals surface area contributed by atoms with Gasteiger partial charge in [-0.25, -0.2) is 4.79 Å². The second kappa shape index (κ2) is 5.30. The topological polar surface area (TPSA) is 35.5 Å². The second-order valence-corrected chi connectivity index (χ2v) is 1.96. The van der Waals surface area contributed by atoms with Gasteiger partial charge in [0.2, 0.25) is 0 Å². The standard InChI is InChI=1S/C4H7IO3/c1-7-2-3-8-4(5)6/h2-3H2,1H3. The average Bonchev–Trinajstić information content (AvgIpc) is 1.66. The van der Waals surface area contributed by atoms with Crippen LogP contribution in [-0.4, -0.2) is 24.3 Å². The molecule has 0 atom stereocenters. The minimum absolute atomic E-state index is 0.292. The molecule has 4 heteroatoms. The van der Waals surface area contributed by atoms with Crippen LogP contribution < -0.4 is 0 Å². The second-order valence-electron chi connectivity index (χ2n) is 1.08. The predicted molar refractivity (Wildman–Crippen MR) is 37.2 cm³/mol. The quantitative estimate of drug-likeness (QED) is 0.415. The highest BCUT2D eigenvalue weighted by molar-refractivity contribution is 14.1. The van der Waals surface area contributed by atoms with Crippen LogP contribution in [0.4, 0.5) is 4.79 Å². The van der Waals surface area contributed by atoms with Crippen molar-refractivity contribution in [3.8, 4) is 0 Å². The summed E-state index contributed by atoms with van der Waals surface area (Å²) in [6.45, 7) is 0.813. The Morgan fingerprint density at radius 3 is 2.62 bits per heavy atom. The molecule has 0 aliphatic rings. The molecule has 48 valence electrons. The minimum atomic E-state index is -0.292. The fraction of sp³-hybridized carbons (Fsp3) is 0.750. The third kappa shape index (κ3) is 6.16. The van der Waals surface area contributed by atoms with E-state index in [4.69, 9.17) is 0 Å². The molecule has 3 nitrogen and oxygen atoms in total. The largest absolute Gasteiger partial charge is 0.456 e. The molecule has 8 heavy (non-hydrogen) atoms. The first-order chi connectivity index (χ1) is 3.77. The van der Waals surface area contributed by atoms with Crippen molar-refractivity contribution in [1.82, 2.24) is 0 Å². The smallest absolute Gasteiger partial charge is 0.367 e. The molecule has 0 saturated heterocycles. The Morgan fingerprint density at radius 1 is 1.62 bits per heavy atom. The Bertz CT molecular complexity index is 73.7. The van der Waals surface area contributed by atoms with Gasteiger partial charge in [-0.3, -0.25) is 0 Å². The fourth-order valence-electron chi connectivity index (χ4n) is 0.205. The maximum Gasteiger partial charge on any atom is 0.367 e. The zero-order chi connectivity index (χ0) is 6.41. The Labute approximate surface area is 61.5 Å². The highest BCUT2D eigenvalue weighted by Gasteiger charge is 1.90. The molecule has 0 rings (SSSR count). The molecule has 0 heterocycles. The first-order valence-electron chi connectivity index (χ1n) is 2.08. The average molecular weight is 230 g/mol. The van der Waals surface area contributed by atoms with Gasteiger partial charge in [0.25, 0.3) is 0 Å². The summed E-state index contributed by atoms with van der Waals surface area (Å²) >= 11 is 1.57. The third-order valence-corrected chi connectivity index (χ3v) is 0.814. The minimum Gasteiger partial charge on any atom is -0.456 e. The van der Waals surface area contributed by atoms with Gasteiger partial charge in [0.1, 0.15) is 6.61 Å².